The van der Waals surface area contributed by atoms with E-state index in [0.29, 0.717) is 26.1 Å². The van der Waals surface area contributed by atoms with Crippen LogP contribution in [0.3, 0.4) is 0 Å². The van der Waals surface area contributed by atoms with Gasteiger partial charge < -0.3 is 34.1 Å². The number of amidine groups is 1. The normalized spacial score (nSPS) is 28.0. The van der Waals surface area contributed by atoms with Crippen molar-refractivity contribution in [3.05, 3.63) is 71.8 Å². The van der Waals surface area contributed by atoms with E-state index in [1.54, 1.807) is 14.2 Å². The predicted molar refractivity (Wildman–Crippen MR) is 143 cm³/mol. The van der Waals surface area contributed by atoms with Gasteiger partial charge in [-0.3, -0.25) is 4.99 Å². The van der Waals surface area contributed by atoms with Gasteiger partial charge in [-0.15, -0.1) is 0 Å². The molecule has 0 spiro atoms. The molecule has 5 atom stereocenters. The van der Waals surface area contributed by atoms with Crippen LogP contribution in [0.5, 0.6) is 11.5 Å². The first-order chi connectivity index (χ1) is 18.0. The predicted octanol–water partition coefficient (Wildman–Crippen LogP) is 3.67. The SMILES string of the molecule is CNC1=N[C@@H]2[C@@H](OCc3ccc(OC)cc3)[C@H](OCc3ccc(OC)cc3)[C@@H](C3(O)CC=CC3)O[C@@H]2S1. The number of benzene rings is 2. The van der Waals surface area contributed by atoms with Crippen molar-refractivity contribution in [3.63, 3.8) is 0 Å². The van der Waals surface area contributed by atoms with Gasteiger partial charge in [0.1, 0.15) is 46.9 Å². The van der Waals surface area contributed by atoms with Crippen molar-refractivity contribution >= 4 is 16.9 Å². The maximum atomic E-state index is 11.6. The molecular weight excluding hydrogens is 492 g/mol. The van der Waals surface area contributed by atoms with Crippen molar-refractivity contribution in [1.82, 2.24) is 5.32 Å². The third-order valence-corrected chi connectivity index (χ3v) is 8.22. The number of hydrogen-bond acceptors (Lipinski definition) is 9. The third-order valence-electron chi connectivity index (χ3n) is 7.07. The number of nitrogens with one attached hydrogen (secondary N) is 1. The summed E-state index contributed by atoms with van der Waals surface area (Å²) in [6.07, 6.45) is 3.47. The van der Waals surface area contributed by atoms with Gasteiger partial charge in [0.2, 0.25) is 0 Å². The lowest BCUT2D eigenvalue weighted by Gasteiger charge is -2.47. The van der Waals surface area contributed by atoms with Crippen LogP contribution < -0.4 is 14.8 Å². The van der Waals surface area contributed by atoms with Gasteiger partial charge in [-0.05, 0) is 48.2 Å². The lowest BCUT2D eigenvalue weighted by atomic mass is 9.84. The largest absolute Gasteiger partial charge is 0.497 e. The lowest BCUT2D eigenvalue weighted by molar-refractivity contribution is -0.242. The van der Waals surface area contributed by atoms with Crippen LogP contribution in [0.4, 0.5) is 0 Å². The van der Waals surface area contributed by atoms with Gasteiger partial charge in [0.05, 0.1) is 27.4 Å². The van der Waals surface area contributed by atoms with Crippen LogP contribution in [-0.4, -0.2) is 66.9 Å². The molecule has 8 nitrogen and oxygen atoms in total. The minimum atomic E-state index is -1.07. The summed E-state index contributed by atoms with van der Waals surface area (Å²) in [4.78, 5) is 4.87. The first-order valence-corrected chi connectivity index (χ1v) is 13.3. The molecule has 0 radical (unpaired) electrons. The van der Waals surface area contributed by atoms with E-state index in [1.165, 1.54) is 11.8 Å². The summed E-state index contributed by atoms with van der Waals surface area (Å²) >= 11 is 1.53. The minimum absolute atomic E-state index is 0.277. The summed E-state index contributed by atoms with van der Waals surface area (Å²) in [7, 11) is 5.14. The lowest BCUT2D eigenvalue weighted by Crippen LogP contribution is -2.63. The van der Waals surface area contributed by atoms with E-state index in [2.05, 4.69) is 5.32 Å². The van der Waals surface area contributed by atoms with Crippen LogP contribution in [0.25, 0.3) is 0 Å². The fraction of sp³-hybridized carbons (Fsp3) is 0.464. The molecule has 1 saturated heterocycles. The molecule has 5 rings (SSSR count). The Bertz CT molecular complexity index is 1100. The second-order valence-electron chi connectivity index (χ2n) is 9.45. The Morgan fingerprint density at radius 3 is 1.97 bits per heavy atom. The highest BCUT2D eigenvalue weighted by molar-refractivity contribution is 8.14. The zero-order chi connectivity index (χ0) is 25.8. The molecule has 9 heteroatoms. The highest BCUT2D eigenvalue weighted by Crippen LogP contribution is 2.44. The Hall–Kier alpha value is -2.56. The first kappa shape index (κ1) is 26.1. The number of thioether (sulfide) groups is 1. The van der Waals surface area contributed by atoms with Crippen LogP contribution in [0.15, 0.2) is 65.7 Å². The molecular formula is C28H34N2O6S. The van der Waals surface area contributed by atoms with E-state index in [4.69, 9.17) is 28.7 Å². The van der Waals surface area contributed by atoms with E-state index >= 15 is 0 Å². The maximum Gasteiger partial charge on any atom is 0.159 e. The van der Waals surface area contributed by atoms with Crippen LogP contribution >= 0.6 is 11.8 Å². The Balaban J connectivity index is 1.42. The van der Waals surface area contributed by atoms with Crippen molar-refractivity contribution in [2.45, 2.75) is 61.4 Å². The topological polar surface area (TPSA) is 90.8 Å². The van der Waals surface area contributed by atoms with Crippen LogP contribution in [0.1, 0.15) is 24.0 Å². The molecule has 2 aromatic carbocycles. The van der Waals surface area contributed by atoms with Crippen molar-refractivity contribution < 1.29 is 28.8 Å². The van der Waals surface area contributed by atoms with E-state index in [1.807, 2.05) is 67.7 Å². The maximum absolute atomic E-state index is 11.6. The Morgan fingerprint density at radius 2 is 1.46 bits per heavy atom. The molecule has 1 fully saturated rings. The molecule has 3 aliphatic rings. The van der Waals surface area contributed by atoms with Gasteiger partial charge in [-0.1, -0.05) is 48.2 Å². The molecule has 0 aromatic heterocycles. The van der Waals surface area contributed by atoms with E-state index in [0.717, 1.165) is 27.8 Å². The second-order valence-corrected chi connectivity index (χ2v) is 10.5. The van der Waals surface area contributed by atoms with Crippen molar-refractivity contribution in [3.8, 4) is 11.5 Å². The molecule has 0 saturated carbocycles. The molecule has 0 amide bonds. The molecule has 2 heterocycles. The number of hydrogen-bond donors (Lipinski definition) is 2. The van der Waals surface area contributed by atoms with Crippen molar-refractivity contribution in [2.75, 3.05) is 21.3 Å². The summed E-state index contributed by atoms with van der Waals surface area (Å²) in [6.45, 7) is 0.715. The molecule has 2 aliphatic heterocycles. The van der Waals surface area contributed by atoms with Gasteiger partial charge in [-0.2, -0.15) is 0 Å². The Labute approximate surface area is 222 Å². The number of aliphatic hydroxyl groups is 1. The van der Waals surface area contributed by atoms with Gasteiger partial charge in [0.15, 0.2) is 5.17 Å². The number of methoxy groups -OCH3 is 2. The standard InChI is InChI=1S/C28H34N2O6S/c1-29-27-30-22-23(34-16-18-6-10-20(32-2)11-7-18)24(35-17-19-8-12-21(33-3)13-9-19)25(36-26(22)37-27)28(31)14-4-5-15-28/h4-13,22-26,31H,14-17H2,1-3H3,(H,29,30)/t22-,23-,24+,25+,26-/m1/s1. The van der Waals surface area contributed by atoms with Crippen molar-refractivity contribution in [2.24, 2.45) is 4.99 Å². The van der Waals surface area contributed by atoms with Gasteiger partial charge in [0, 0.05) is 7.05 Å². The molecule has 2 N–H and O–H groups in total. The monoisotopic (exact) mass is 526 g/mol. The molecule has 2 aromatic rings. The molecule has 0 bridgehead atoms. The van der Waals surface area contributed by atoms with E-state index in [9.17, 15) is 5.11 Å². The number of ether oxygens (including phenoxy) is 5. The summed E-state index contributed by atoms with van der Waals surface area (Å²) < 4.78 is 30.3. The first-order valence-electron chi connectivity index (χ1n) is 12.5. The molecule has 1 aliphatic carbocycles. The zero-order valence-electron chi connectivity index (χ0n) is 21.3. The van der Waals surface area contributed by atoms with E-state index in [-0.39, 0.29) is 11.5 Å². The highest BCUT2D eigenvalue weighted by Gasteiger charge is 2.56. The van der Waals surface area contributed by atoms with Gasteiger partial charge in [0.25, 0.3) is 0 Å². The summed E-state index contributed by atoms with van der Waals surface area (Å²) in [5.74, 6) is 1.58. The number of nitrogens with zero attached hydrogens (tertiary/aromatic N) is 1. The summed E-state index contributed by atoms with van der Waals surface area (Å²) in [6, 6.07) is 15.3. The zero-order valence-corrected chi connectivity index (χ0v) is 22.1. The van der Waals surface area contributed by atoms with Crippen LogP contribution in [0.2, 0.25) is 0 Å². The number of aliphatic imine (C=N–C) groups is 1. The summed E-state index contributed by atoms with van der Waals surface area (Å²) in [5.41, 5.74) is 0.658. The second kappa shape index (κ2) is 11.4. The number of fused-ring (bicyclic) bond motifs is 1. The third kappa shape index (κ3) is 5.66. The average Bonchev–Trinajstić information content (AvgIpc) is 3.57. The highest BCUT2D eigenvalue weighted by atomic mass is 32.2. The Kier molecular flexibility index (Phi) is 8.07. The van der Waals surface area contributed by atoms with Gasteiger partial charge in [-0.25, -0.2) is 0 Å². The molecule has 198 valence electrons. The fourth-order valence-electron chi connectivity index (χ4n) is 4.98. The van der Waals surface area contributed by atoms with Crippen molar-refractivity contribution in [1.29, 1.82) is 0 Å². The summed E-state index contributed by atoms with van der Waals surface area (Å²) in [5, 5.41) is 15.6. The quantitative estimate of drug-likeness (QED) is 0.479. The average molecular weight is 527 g/mol. The van der Waals surface area contributed by atoms with Gasteiger partial charge >= 0.3 is 0 Å². The smallest absolute Gasteiger partial charge is 0.159 e. The fourth-order valence-corrected chi connectivity index (χ4v) is 6.03. The minimum Gasteiger partial charge on any atom is -0.497 e. The van der Waals surface area contributed by atoms with Crippen LogP contribution in [0, 0.1) is 0 Å². The molecule has 37 heavy (non-hydrogen) atoms. The number of rotatable bonds is 9. The molecule has 0 unspecified atom stereocenters. The van der Waals surface area contributed by atoms with E-state index < -0.39 is 23.9 Å². The Morgan fingerprint density at radius 1 is 0.919 bits per heavy atom. The van der Waals surface area contributed by atoms with Crippen LogP contribution in [-0.2, 0) is 27.4 Å².